The number of fused-ring (bicyclic) bond motifs is 1. The van der Waals surface area contributed by atoms with Gasteiger partial charge in [-0.1, -0.05) is 80.3 Å². The number of anilines is 2. The van der Waals surface area contributed by atoms with E-state index in [2.05, 4.69) is 68.1 Å². The van der Waals surface area contributed by atoms with Crippen LogP contribution in [-0.4, -0.2) is 150 Å². The van der Waals surface area contributed by atoms with E-state index in [1.165, 1.54) is 33.7 Å². The molecule has 0 bridgehead atoms. The standard InChI is InChI=1S/C62H74ClF3N8O8S2/c1-61(2)28-27-51(45-15-19-48(63)20-16-45)47(41-61)42-72-36-38-73(39-37-72)49-21-17-46(18-22-49)58(76)69-84(81,82)50-23-24-54(56(40-50)83(79,80)62(64,65)66)67-29-11-31-71-34-32-70(33-35-71)30-9-7-5-3-4-6-8-12-44-13-10-14-52-53(44)43-74(60(52)78)55-25-26-57(75)68-59(55)77/h10,13-24,40,55,67H,3-7,9,11,25-39,41-43H2,1-2H3,(H,69,76)(H,68,75,77). The van der Waals surface area contributed by atoms with Crippen molar-refractivity contribution in [2.45, 2.75) is 119 Å². The van der Waals surface area contributed by atoms with Gasteiger partial charge in [-0.25, -0.2) is 21.6 Å². The largest absolute Gasteiger partial charge is 0.501 e. The highest BCUT2D eigenvalue weighted by Gasteiger charge is 2.48. The quantitative estimate of drug-likeness (QED) is 0.0408. The first kappa shape index (κ1) is 62.3. The molecule has 4 aliphatic heterocycles. The van der Waals surface area contributed by atoms with Crippen LogP contribution in [-0.2, 0) is 36.0 Å². The van der Waals surface area contributed by atoms with Crippen LogP contribution in [0.15, 0.2) is 100 Å². The van der Waals surface area contributed by atoms with E-state index in [1.54, 1.807) is 24.3 Å². The van der Waals surface area contributed by atoms with Crippen molar-refractivity contribution < 1.29 is 49.2 Å². The van der Waals surface area contributed by atoms with Crippen LogP contribution in [0.25, 0.3) is 5.57 Å². The molecule has 450 valence electrons. The maximum absolute atomic E-state index is 14.1. The number of alkyl halides is 3. The van der Waals surface area contributed by atoms with E-state index in [4.69, 9.17) is 11.6 Å². The van der Waals surface area contributed by atoms with Crippen molar-refractivity contribution in [2.24, 2.45) is 5.41 Å². The molecule has 4 amide bonds. The Labute approximate surface area is 496 Å². The third-order valence-electron chi connectivity index (χ3n) is 16.7. The number of rotatable bonds is 21. The summed E-state index contributed by atoms with van der Waals surface area (Å²) in [6, 6.07) is 21.6. The first-order valence-corrected chi connectivity index (χ1v) is 32.4. The normalized spacial score (nSPS) is 19.2. The number of hydrogen-bond donors (Lipinski definition) is 3. The molecule has 1 aliphatic carbocycles. The van der Waals surface area contributed by atoms with E-state index in [0.29, 0.717) is 36.0 Å². The summed E-state index contributed by atoms with van der Waals surface area (Å²) >= 11 is 6.20. The lowest BCUT2D eigenvalue weighted by atomic mass is 9.73. The molecule has 4 heterocycles. The van der Waals surface area contributed by atoms with Crippen molar-refractivity contribution in [3.8, 4) is 11.8 Å². The third-order valence-corrected chi connectivity index (χ3v) is 19.8. The van der Waals surface area contributed by atoms with Crippen LogP contribution in [0.4, 0.5) is 24.5 Å². The van der Waals surface area contributed by atoms with Crippen molar-refractivity contribution in [2.75, 3.05) is 88.8 Å². The Kier molecular flexibility index (Phi) is 20.0. The highest BCUT2D eigenvalue weighted by atomic mass is 35.5. The molecular weight excluding hydrogens is 1140 g/mol. The summed E-state index contributed by atoms with van der Waals surface area (Å²) in [5, 5.41) is 5.83. The van der Waals surface area contributed by atoms with E-state index in [9.17, 15) is 49.2 Å². The minimum Gasteiger partial charge on any atom is -0.384 e. The van der Waals surface area contributed by atoms with Gasteiger partial charge in [-0.3, -0.25) is 29.4 Å². The van der Waals surface area contributed by atoms with Gasteiger partial charge in [0.05, 0.1) is 10.6 Å². The van der Waals surface area contributed by atoms with Crippen molar-refractivity contribution in [1.82, 2.24) is 29.6 Å². The average Bonchev–Trinajstić information content (AvgIpc) is 3.90. The molecule has 22 heteroatoms. The summed E-state index contributed by atoms with van der Waals surface area (Å²) in [5.41, 5.74) is 1.10. The number of imide groups is 1. The van der Waals surface area contributed by atoms with Crippen molar-refractivity contribution in [3.05, 3.63) is 123 Å². The molecule has 3 saturated heterocycles. The lowest BCUT2D eigenvalue weighted by Gasteiger charge is -2.39. The minimum absolute atomic E-state index is 0.00731. The number of hydrogen-bond acceptors (Lipinski definition) is 13. The number of nitrogens with one attached hydrogen (secondary N) is 3. The molecule has 84 heavy (non-hydrogen) atoms. The molecule has 0 saturated carbocycles. The Bertz CT molecular complexity index is 3410. The highest BCUT2D eigenvalue weighted by Crippen LogP contribution is 2.43. The summed E-state index contributed by atoms with van der Waals surface area (Å²) in [6.45, 7) is 13.9. The molecule has 5 aliphatic rings. The van der Waals surface area contributed by atoms with E-state index in [-0.39, 0.29) is 42.3 Å². The van der Waals surface area contributed by atoms with Gasteiger partial charge in [0.2, 0.25) is 11.8 Å². The van der Waals surface area contributed by atoms with E-state index < -0.39 is 58.7 Å². The number of sulfone groups is 1. The molecule has 3 fully saturated rings. The molecule has 16 nitrogen and oxygen atoms in total. The number of piperazine rings is 2. The number of halogens is 4. The van der Waals surface area contributed by atoms with Gasteiger partial charge in [-0.15, -0.1) is 0 Å². The van der Waals surface area contributed by atoms with Gasteiger partial charge in [-0.05, 0) is 147 Å². The van der Waals surface area contributed by atoms with Crippen LogP contribution in [0, 0.1) is 17.3 Å². The van der Waals surface area contributed by atoms with E-state index >= 15 is 0 Å². The first-order chi connectivity index (χ1) is 40.0. The summed E-state index contributed by atoms with van der Waals surface area (Å²) in [6.07, 6.45) is 10.0. The predicted molar refractivity (Wildman–Crippen MR) is 318 cm³/mol. The number of allylic oxidation sites excluding steroid dienone is 1. The molecule has 4 aromatic carbocycles. The Balaban J connectivity index is 0.681. The first-order valence-electron chi connectivity index (χ1n) is 29.1. The summed E-state index contributed by atoms with van der Waals surface area (Å²) in [5.74, 6) is 4.48. The fraction of sp³-hybridized carbons (Fsp3) is 0.484. The molecule has 0 aromatic heterocycles. The van der Waals surface area contributed by atoms with Crippen LogP contribution < -0.4 is 20.3 Å². The number of nitrogens with zero attached hydrogens (tertiary/aromatic N) is 5. The number of unbranched alkanes of at least 4 members (excludes halogenated alkanes) is 5. The fourth-order valence-electron chi connectivity index (χ4n) is 11.9. The highest BCUT2D eigenvalue weighted by molar-refractivity contribution is 7.92. The zero-order chi connectivity index (χ0) is 59.8. The molecule has 4 aromatic rings. The zero-order valence-electron chi connectivity index (χ0n) is 47.7. The molecular formula is C62H74ClF3N8O8S2. The predicted octanol–water partition coefficient (Wildman–Crippen LogP) is 9.11. The van der Waals surface area contributed by atoms with Crippen LogP contribution in [0.2, 0.25) is 5.02 Å². The summed E-state index contributed by atoms with van der Waals surface area (Å²) in [4.78, 5) is 59.3. The topological polar surface area (TPSA) is 189 Å². The van der Waals surface area contributed by atoms with Gasteiger partial charge in [0.25, 0.3) is 31.7 Å². The van der Waals surface area contributed by atoms with Gasteiger partial charge in [0.1, 0.15) is 10.9 Å². The summed E-state index contributed by atoms with van der Waals surface area (Å²) in [7, 11) is -10.8. The zero-order valence-corrected chi connectivity index (χ0v) is 50.1. The number of sulfonamides is 1. The summed E-state index contributed by atoms with van der Waals surface area (Å²) < 4.78 is 96.9. The van der Waals surface area contributed by atoms with Crippen LogP contribution in [0.1, 0.15) is 128 Å². The van der Waals surface area contributed by atoms with Gasteiger partial charge in [0, 0.05) is 112 Å². The number of piperidine rings is 1. The number of benzene rings is 4. The van der Waals surface area contributed by atoms with E-state index in [0.717, 1.165) is 152 Å². The Hall–Kier alpha value is -6.28. The van der Waals surface area contributed by atoms with Gasteiger partial charge in [0.15, 0.2) is 0 Å². The number of carbonyl (C=O) groups excluding carboxylic acids is 4. The van der Waals surface area contributed by atoms with E-state index in [1.807, 2.05) is 22.9 Å². The Morgan fingerprint density at radius 2 is 1.45 bits per heavy atom. The Morgan fingerprint density at radius 3 is 2.14 bits per heavy atom. The van der Waals surface area contributed by atoms with Crippen molar-refractivity contribution in [3.63, 3.8) is 0 Å². The maximum Gasteiger partial charge on any atom is 0.501 e. The molecule has 9 rings (SSSR count). The molecule has 0 radical (unpaired) electrons. The van der Waals surface area contributed by atoms with Crippen LogP contribution >= 0.6 is 11.6 Å². The van der Waals surface area contributed by atoms with Crippen molar-refractivity contribution in [1.29, 1.82) is 0 Å². The third kappa shape index (κ3) is 15.4. The number of amides is 4. The SMILES string of the molecule is CC1(C)CCC(c2ccc(Cl)cc2)=C(CN2CCN(c3ccc(C(=O)NS(=O)(=O)c4ccc(NCCCN5CCN(CCCCCCCC#Cc6cccc7c6CN(C6CCC(=O)NC6=O)C7=O)CC5)c(S(=O)(=O)C(F)(F)F)c4)cc3)CC2)C1. The van der Waals surface area contributed by atoms with Crippen molar-refractivity contribution >= 4 is 72.0 Å². The smallest absolute Gasteiger partial charge is 0.384 e. The molecule has 1 unspecified atom stereocenters. The second kappa shape index (κ2) is 27.0. The maximum atomic E-state index is 14.1. The second-order valence-electron chi connectivity index (χ2n) is 23.3. The minimum atomic E-state index is -6.02. The fourth-order valence-corrected chi connectivity index (χ4v) is 14.1. The van der Waals surface area contributed by atoms with Gasteiger partial charge >= 0.3 is 5.51 Å². The van der Waals surface area contributed by atoms with Gasteiger partial charge in [-0.2, -0.15) is 13.2 Å². The van der Waals surface area contributed by atoms with Gasteiger partial charge < -0.3 is 24.9 Å². The molecule has 0 spiro atoms. The average molecular weight is 1220 g/mol. The van der Waals surface area contributed by atoms with Crippen LogP contribution in [0.5, 0.6) is 0 Å². The molecule has 1 atom stereocenters. The molecule has 3 N–H and O–H groups in total. The Morgan fingerprint density at radius 1 is 0.786 bits per heavy atom. The van der Waals surface area contributed by atoms with Crippen LogP contribution in [0.3, 0.4) is 0 Å². The second-order valence-corrected chi connectivity index (χ2v) is 27.3. The number of carbonyl (C=O) groups is 4. The lowest BCUT2D eigenvalue weighted by molar-refractivity contribution is -0.136. The lowest BCUT2D eigenvalue weighted by Crippen LogP contribution is -2.52. The monoisotopic (exact) mass is 1210 g/mol.